The average Bonchev–Trinajstić information content (AvgIpc) is 2.48. The van der Waals surface area contributed by atoms with Gasteiger partial charge in [0.1, 0.15) is 0 Å². The molecule has 1 heterocycles. The van der Waals surface area contributed by atoms with E-state index in [1.54, 1.807) is 6.07 Å². The maximum Gasteiger partial charge on any atom is 0.336 e. The molecule has 3 nitrogen and oxygen atoms in total. The zero-order chi connectivity index (χ0) is 9.42. The summed E-state index contributed by atoms with van der Waals surface area (Å²) in [6.07, 6.45) is 1.90. The van der Waals surface area contributed by atoms with E-state index < -0.39 is 5.97 Å². The van der Waals surface area contributed by atoms with E-state index in [1.807, 2.05) is 36.0 Å². The molecule has 0 saturated heterocycles. The Balaban J connectivity index is 2.70. The van der Waals surface area contributed by atoms with Gasteiger partial charge in [-0.25, -0.2) is 4.79 Å². The minimum absolute atomic E-state index is 0.367. The second-order valence-corrected chi connectivity index (χ2v) is 2.97. The molecule has 0 atom stereocenters. The molecule has 66 valence electrons. The maximum atomic E-state index is 10.8. The van der Waals surface area contributed by atoms with Crippen LogP contribution in [-0.4, -0.2) is 15.6 Å². The van der Waals surface area contributed by atoms with E-state index in [4.69, 9.17) is 5.11 Å². The van der Waals surface area contributed by atoms with Crippen LogP contribution in [0.3, 0.4) is 0 Å². The van der Waals surface area contributed by atoms with Crippen LogP contribution in [0.1, 0.15) is 10.4 Å². The normalized spacial score (nSPS) is 10.5. The summed E-state index contributed by atoms with van der Waals surface area (Å²) in [5.74, 6) is -0.874. The number of nitrogens with zero attached hydrogens (tertiary/aromatic N) is 1. The minimum Gasteiger partial charge on any atom is -0.478 e. The van der Waals surface area contributed by atoms with Gasteiger partial charge in [0.2, 0.25) is 0 Å². The third-order valence-electron chi connectivity index (χ3n) is 2.16. The number of carboxylic acids is 1. The van der Waals surface area contributed by atoms with Crippen LogP contribution in [0.2, 0.25) is 0 Å². The van der Waals surface area contributed by atoms with Crippen LogP contribution < -0.4 is 0 Å². The van der Waals surface area contributed by atoms with Crippen LogP contribution in [0.25, 0.3) is 11.3 Å². The van der Waals surface area contributed by atoms with Gasteiger partial charge in [-0.1, -0.05) is 6.07 Å². The van der Waals surface area contributed by atoms with Crippen molar-refractivity contribution in [3.05, 3.63) is 36.0 Å². The van der Waals surface area contributed by atoms with Crippen LogP contribution in [0.5, 0.6) is 0 Å². The predicted octanol–water partition coefficient (Wildman–Crippen LogP) is 1.83. The first-order valence-corrected chi connectivity index (χ1v) is 3.97. The smallest absolute Gasteiger partial charge is 0.336 e. The third-order valence-corrected chi connectivity index (χ3v) is 2.16. The number of aryl methyl sites for hydroxylation is 1. The number of hydrogen-bond donors (Lipinski definition) is 1. The van der Waals surface area contributed by atoms with Crippen LogP contribution in [0.15, 0.2) is 30.5 Å². The molecule has 0 radical (unpaired) electrons. The highest BCUT2D eigenvalue weighted by molar-refractivity contribution is 5.97. The predicted molar refractivity (Wildman–Crippen MR) is 49.0 cm³/mol. The number of hydrogen-bond acceptors (Lipinski definition) is 1. The molecule has 1 aliphatic heterocycles. The van der Waals surface area contributed by atoms with Crippen molar-refractivity contribution in [2.45, 2.75) is 0 Å². The SMILES string of the molecule is Cn1cccc2c(C(=O)O)ccc1-2. The fourth-order valence-corrected chi connectivity index (χ4v) is 1.50. The van der Waals surface area contributed by atoms with Gasteiger partial charge in [0, 0.05) is 24.5 Å². The lowest BCUT2D eigenvalue weighted by Gasteiger charge is -2.06. The number of aromatic nitrogens is 1. The van der Waals surface area contributed by atoms with Gasteiger partial charge in [-0.15, -0.1) is 0 Å². The Bertz CT molecular complexity index is 431. The number of rotatable bonds is 1. The molecule has 0 unspecified atom stereocenters. The van der Waals surface area contributed by atoms with Crippen molar-refractivity contribution in [2.24, 2.45) is 7.05 Å². The minimum atomic E-state index is -0.874. The molecule has 2 rings (SSSR count). The Morgan fingerprint density at radius 1 is 1.38 bits per heavy atom. The molecule has 0 aromatic carbocycles. The molecule has 13 heavy (non-hydrogen) atoms. The molecule has 1 N–H and O–H groups in total. The Labute approximate surface area is 75.6 Å². The molecule has 0 bridgehead atoms. The van der Waals surface area contributed by atoms with E-state index in [9.17, 15) is 4.79 Å². The van der Waals surface area contributed by atoms with Crippen molar-refractivity contribution in [3.63, 3.8) is 0 Å². The first-order chi connectivity index (χ1) is 6.20. The second-order valence-electron chi connectivity index (χ2n) is 2.97. The Morgan fingerprint density at radius 3 is 2.85 bits per heavy atom. The van der Waals surface area contributed by atoms with Gasteiger partial charge in [-0.05, 0) is 18.2 Å². The summed E-state index contributed by atoms with van der Waals surface area (Å²) in [6, 6.07) is 7.11. The molecule has 3 heteroatoms. The van der Waals surface area contributed by atoms with E-state index in [0.717, 1.165) is 11.3 Å². The Kier molecular flexibility index (Phi) is 1.59. The topological polar surface area (TPSA) is 42.2 Å². The highest BCUT2D eigenvalue weighted by Gasteiger charge is 2.15. The number of pyridine rings is 1. The summed E-state index contributed by atoms with van der Waals surface area (Å²) >= 11 is 0. The molecule has 0 fully saturated rings. The zero-order valence-electron chi connectivity index (χ0n) is 7.19. The van der Waals surface area contributed by atoms with Crippen molar-refractivity contribution in [3.8, 4) is 11.3 Å². The van der Waals surface area contributed by atoms with Crippen LogP contribution in [-0.2, 0) is 7.05 Å². The largest absolute Gasteiger partial charge is 0.478 e. The van der Waals surface area contributed by atoms with Crippen LogP contribution >= 0.6 is 0 Å². The molecule has 2 aliphatic rings. The summed E-state index contributed by atoms with van der Waals surface area (Å²) in [5.41, 5.74) is 2.10. The summed E-state index contributed by atoms with van der Waals surface area (Å²) < 4.78 is 1.90. The van der Waals surface area contributed by atoms with Crippen molar-refractivity contribution < 1.29 is 9.90 Å². The van der Waals surface area contributed by atoms with Gasteiger partial charge < -0.3 is 9.67 Å². The average molecular weight is 175 g/mol. The van der Waals surface area contributed by atoms with E-state index >= 15 is 0 Å². The highest BCUT2D eigenvalue weighted by atomic mass is 16.4. The van der Waals surface area contributed by atoms with Gasteiger partial charge in [0.15, 0.2) is 0 Å². The van der Waals surface area contributed by atoms with Crippen molar-refractivity contribution >= 4 is 5.97 Å². The standard InChI is InChI=1S/C10H9NO2/c1-11-6-2-3-7-8(10(12)13)4-5-9(7)11/h2-6H,1H3,(H,12,13). The lowest BCUT2D eigenvalue weighted by molar-refractivity contribution is 0.0698. The second kappa shape index (κ2) is 2.62. The van der Waals surface area contributed by atoms with Crippen LogP contribution in [0, 0.1) is 0 Å². The summed E-state index contributed by atoms with van der Waals surface area (Å²) in [7, 11) is 1.90. The van der Waals surface area contributed by atoms with Gasteiger partial charge in [-0.2, -0.15) is 0 Å². The molecule has 0 aromatic rings. The number of aromatic carboxylic acids is 1. The fourth-order valence-electron chi connectivity index (χ4n) is 1.50. The molecule has 0 aromatic heterocycles. The quantitative estimate of drug-likeness (QED) is 0.718. The lowest BCUT2D eigenvalue weighted by atomic mass is 10.1. The molecule has 1 aliphatic carbocycles. The molecule has 0 saturated carbocycles. The summed E-state index contributed by atoms with van der Waals surface area (Å²) in [5, 5.41) is 8.85. The van der Waals surface area contributed by atoms with Crippen LogP contribution in [0.4, 0.5) is 0 Å². The molecular formula is C10H9NO2. The zero-order valence-corrected chi connectivity index (χ0v) is 7.19. The van der Waals surface area contributed by atoms with Crippen molar-refractivity contribution in [1.29, 1.82) is 0 Å². The maximum absolute atomic E-state index is 10.8. The highest BCUT2D eigenvalue weighted by Crippen LogP contribution is 2.26. The number of carboxylic acid groups (broad SMARTS) is 1. The number of carbonyl (C=O) groups is 1. The molecule has 0 spiro atoms. The van der Waals surface area contributed by atoms with Gasteiger partial charge in [0.25, 0.3) is 0 Å². The molecule has 0 amide bonds. The third kappa shape index (κ3) is 1.09. The van der Waals surface area contributed by atoms with Crippen molar-refractivity contribution in [1.82, 2.24) is 4.57 Å². The van der Waals surface area contributed by atoms with E-state index in [-0.39, 0.29) is 0 Å². The van der Waals surface area contributed by atoms with Gasteiger partial charge in [0.05, 0.1) is 5.56 Å². The van der Waals surface area contributed by atoms with Gasteiger partial charge >= 0.3 is 5.97 Å². The van der Waals surface area contributed by atoms with Crippen molar-refractivity contribution in [2.75, 3.05) is 0 Å². The molecular weight excluding hydrogens is 166 g/mol. The first-order valence-electron chi connectivity index (χ1n) is 3.97. The summed E-state index contributed by atoms with van der Waals surface area (Å²) in [4.78, 5) is 10.8. The first kappa shape index (κ1) is 7.86. The van der Waals surface area contributed by atoms with E-state index in [0.29, 0.717) is 5.56 Å². The Hall–Kier alpha value is -1.77. The summed E-state index contributed by atoms with van der Waals surface area (Å²) in [6.45, 7) is 0. The lowest BCUT2D eigenvalue weighted by Crippen LogP contribution is -1.99. The Morgan fingerprint density at radius 2 is 2.15 bits per heavy atom. The fraction of sp³-hybridized carbons (Fsp3) is 0.100. The monoisotopic (exact) mass is 175 g/mol. The van der Waals surface area contributed by atoms with E-state index in [2.05, 4.69) is 0 Å². The van der Waals surface area contributed by atoms with E-state index in [1.165, 1.54) is 0 Å². The number of fused-ring (bicyclic) bond motifs is 1. The van der Waals surface area contributed by atoms with Gasteiger partial charge in [-0.3, -0.25) is 0 Å².